The zero-order valence-electron chi connectivity index (χ0n) is 23.8. The van der Waals surface area contributed by atoms with Gasteiger partial charge in [0, 0.05) is 11.3 Å². The maximum absolute atomic E-state index is 12.6. The molecule has 4 N–H and O–H groups in total. The first-order chi connectivity index (χ1) is 20.8. The number of hydrogen-bond donors (Lipinski definition) is 3. The smallest absolute Gasteiger partial charge is 0.270 e. The molecular formula is C31H31Cl2N9O. The molecule has 0 fully saturated rings. The lowest BCUT2D eigenvalue weighted by molar-refractivity contribution is 0.102. The summed E-state index contributed by atoms with van der Waals surface area (Å²) in [6.07, 6.45) is 6.97. The van der Waals surface area contributed by atoms with Crippen LogP contribution in [-0.2, 0) is 6.54 Å². The molecule has 0 aliphatic heterocycles. The number of allylic oxidation sites excluding steroid dienone is 2. The van der Waals surface area contributed by atoms with Crippen molar-refractivity contribution in [2.24, 2.45) is 15.7 Å². The van der Waals surface area contributed by atoms with Gasteiger partial charge in [0.25, 0.3) is 11.9 Å². The molecule has 220 valence electrons. The SMILES string of the molecule is CC(=Nc1ccc(Cl)c(Cl)c1C)N=C(N)N(Cc1ccc(C(=O)Nc2nn[nH]n2)cc1)c1ccc(C2=CCCCC2)cc1. The Hall–Kier alpha value is -4.54. The first-order valence-electron chi connectivity index (χ1n) is 13.8. The molecule has 0 saturated heterocycles. The zero-order valence-corrected chi connectivity index (χ0v) is 25.3. The number of hydrogen-bond acceptors (Lipinski definition) is 5. The number of nitrogens with one attached hydrogen (secondary N) is 2. The Morgan fingerprint density at radius 3 is 2.51 bits per heavy atom. The number of aromatic nitrogens is 4. The summed E-state index contributed by atoms with van der Waals surface area (Å²) < 4.78 is 0. The Balaban J connectivity index is 1.42. The number of halogens is 2. The third-order valence-electron chi connectivity index (χ3n) is 7.11. The Labute approximate surface area is 259 Å². The van der Waals surface area contributed by atoms with Gasteiger partial charge in [-0.3, -0.25) is 10.1 Å². The Morgan fingerprint density at radius 2 is 1.84 bits per heavy atom. The molecule has 1 amide bonds. The van der Waals surface area contributed by atoms with Crippen LogP contribution >= 0.6 is 23.2 Å². The molecule has 1 heterocycles. The van der Waals surface area contributed by atoms with Crippen molar-refractivity contribution in [3.8, 4) is 0 Å². The van der Waals surface area contributed by atoms with E-state index in [2.05, 4.69) is 66.3 Å². The minimum absolute atomic E-state index is 0.102. The van der Waals surface area contributed by atoms with Crippen LogP contribution in [0.2, 0.25) is 10.0 Å². The monoisotopic (exact) mass is 615 g/mol. The van der Waals surface area contributed by atoms with Gasteiger partial charge in [0.2, 0.25) is 5.96 Å². The number of aliphatic imine (C=N–C) groups is 2. The molecule has 0 spiro atoms. The standard InChI is InChI=1S/C31H31Cl2N9O/c1-19-27(17-16-26(32)28(19)33)35-20(2)36-30(34)42(25-14-12-23(13-15-25)22-6-4-3-5-7-22)18-21-8-10-24(11-9-21)29(43)37-31-38-40-41-39-31/h6,8-17H,3-5,7,18H2,1-2H3,(H2,34,35,36)(H2,37,38,39,40,41,43). The number of aromatic amines is 1. The normalized spacial score (nSPS) is 13.9. The second-order valence-electron chi connectivity index (χ2n) is 10.1. The van der Waals surface area contributed by atoms with Crippen molar-refractivity contribution in [3.05, 3.63) is 99.0 Å². The van der Waals surface area contributed by atoms with Gasteiger partial charge in [-0.05, 0) is 103 Å². The maximum atomic E-state index is 12.6. The number of H-pyrrole nitrogens is 1. The van der Waals surface area contributed by atoms with E-state index in [0.717, 1.165) is 29.7 Å². The molecule has 3 aromatic carbocycles. The fourth-order valence-electron chi connectivity index (χ4n) is 4.78. The predicted molar refractivity (Wildman–Crippen MR) is 173 cm³/mol. The quantitative estimate of drug-likeness (QED) is 0.150. The molecule has 10 nitrogen and oxygen atoms in total. The average molecular weight is 617 g/mol. The van der Waals surface area contributed by atoms with E-state index in [9.17, 15) is 4.79 Å². The molecule has 1 aliphatic carbocycles. The van der Waals surface area contributed by atoms with E-state index < -0.39 is 0 Å². The number of guanidine groups is 1. The molecule has 4 aromatic rings. The van der Waals surface area contributed by atoms with Crippen LogP contribution in [0.15, 0.2) is 76.7 Å². The van der Waals surface area contributed by atoms with Crippen LogP contribution in [0, 0.1) is 6.92 Å². The zero-order chi connectivity index (χ0) is 30.3. The van der Waals surface area contributed by atoms with Crippen LogP contribution in [0.3, 0.4) is 0 Å². The fraction of sp³-hybridized carbons (Fsp3) is 0.226. The maximum Gasteiger partial charge on any atom is 0.270 e. The molecule has 0 radical (unpaired) electrons. The third kappa shape index (κ3) is 7.46. The van der Waals surface area contributed by atoms with Crippen molar-refractivity contribution >= 4 is 63.8 Å². The molecule has 43 heavy (non-hydrogen) atoms. The number of amides is 1. The minimum Gasteiger partial charge on any atom is -0.369 e. The minimum atomic E-state index is -0.345. The van der Waals surface area contributed by atoms with E-state index in [-0.39, 0.29) is 17.8 Å². The van der Waals surface area contributed by atoms with Gasteiger partial charge in [-0.1, -0.05) is 58.6 Å². The molecule has 0 bridgehead atoms. The molecule has 0 unspecified atom stereocenters. The summed E-state index contributed by atoms with van der Waals surface area (Å²) in [5.74, 6) is 0.483. The lowest BCUT2D eigenvalue weighted by atomic mass is 9.93. The van der Waals surface area contributed by atoms with Crippen molar-refractivity contribution in [1.82, 2.24) is 20.6 Å². The summed E-state index contributed by atoms with van der Waals surface area (Å²) in [6.45, 7) is 4.04. The first kappa shape index (κ1) is 29.9. The van der Waals surface area contributed by atoms with Gasteiger partial charge in [-0.2, -0.15) is 10.2 Å². The lowest BCUT2D eigenvalue weighted by Crippen LogP contribution is -2.37. The van der Waals surface area contributed by atoms with Gasteiger partial charge in [0.05, 0.1) is 22.3 Å². The second kappa shape index (κ2) is 13.6. The van der Waals surface area contributed by atoms with Crippen LogP contribution < -0.4 is 16.0 Å². The van der Waals surface area contributed by atoms with Crippen molar-refractivity contribution in [2.75, 3.05) is 10.2 Å². The highest BCUT2D eigenvalue weighted by atomic mass is 35.5. The number of nitrogens with zero attached hydrogens (tertiary/aromatic N) is 6. The van der Waals surface area contributed by atoms with E-state index in [1.807, 2.05) is 24.0 Å². The highest BCUT2D eigenvalue weighted by Gasteiger charge is 2.16. The summed E-state index contributed by atoms with van der Waals surface area (Å²) in [4.78, 5) is 23.7. The number of tetrazole rings is 1. The van der Waals surface area contributed by atoms with Gasteiger partial charge in [-0.25, -0.2) is 4.99 Å². The molecule has 1 aliphatic rings. The Bertz CT molecular complexity index is 1680. The molecule has 5 rings (SSSR count). The molecular weight excluding hydrogens is 585 g/mol. The van der Waals surface area contributed by atoms with E-state index in [1.165, 1.54) is 24.0 Å². The van der Waals surface area contributed by atoms with Crippen molar-refractivity contribution in [1.29, 1.82) is 0 Å². The number of carbonyl (C=O) groups excluding carboxylic acids is 1. The van der Waals surface area contributed by atoms with E-state index in [4.69, 9.17) is 28.9 Å². The number of carbonyl (C=O) groups is 1. The van der Waals surface area contributed by atoms with Gasteiger partial charge in [0.15, 0.2) is 0 Å². The summed E-state index contributed by atoms with van der Waals surface area (Å²) in [5.41, 5.74) is 12.9. The summed E-state index contributed by atoms with van der Waals surface area (Å²) >= 11 is 12.5. The average Bonchev–Trinajstić information content (AvgIpc) is 3.54. The summed E-state index contributed by atoms with van der Waals surface area (Å²) in [6, 6.07) is 19.0. The second-order valence-corrected chi connectivity index (χ2v) is 10.9. The molecule has 0 saturated carbocycles. The molecule has 12 heteroatoms. The van der Waals surface area contributed by atoms with Gasteiger partial charge >= 0.3 is 0 Å². The fourth-order valence-corrected chi connectivity index (χ4v) is 5.15. The van der Waals surface area contributed by atoms with Crippen LogP contribution in [0.5, 0.6) is 0 Å². The number of benzene rings is 3. The van der Waals surface area contributed by atoms with Crippen molar-refractivity contribution in [2.45, 2.75) is 46.1 Å². The highest BCUT2D eigenvalue weighted by Crippen LogP contribution is 2.33. The Kier molecular flexibility index (Phi) is 9.48. The number of amidine groups is 1. The third-order valence-corrected chi connectivity index (χ3v) is 8.01. The van der Waals surface area contributed by atoms with Crippen LogP contribution in [0.1, 0.15) is 59.7 Å². The highest BCUT2D eigenvalue weighted by molar-refractivity contribution is 6.42. The predicted octanol–water partition coefficient (Wildman–Crippen LogP) is 7.10. The summed E-state index contributed by atoms with van der Waals surface area (Å²) in [7, 11) is 0. The largest absolute Gasteiger partial charge is 0.369 e. The lowest BCUT2D eigenvalue weighted by Gasteiger charge is -2.25. The number of nitrogens with two attached hydrogens (primary N) is 1. The van der Waals surface area contributed by atoms with Gasteiger partial charge in [0.1, 0.15) is 5.84 Å². The van der Waals surface area contributed by atoms with E-state index >= 15 is 0 Å². The summed E-state index contributed by atoms with van der Waals surface area (Å²) in [5, 5.41) is 16.8. The van der Waals surface area contributed by atoms with Crippen LogP contribution in [-0.4, -0.2) is 38.3 Å². The van der Waals surface area contributed by atoms with E-state index in [0.29, 0.717) is 33.7 Å². The number of rotatable bonds is 7. The number of anilines is 2. The first-order valence-corrected chi connectivity index (χ1v) is 14.6. The van der Waals surface area contributed by atoms with Gasteiger partial charge < -0.3 is 10.6 Å². The van der Waals surface area contributed by atoms with Gasteiger partial charge in [-0.15, -0.1) is 5.10 Å². The van der Waals surface area contributed by atoms with Crippen LogP contribution in [0.4, 0.5) is 17.3 Å². The van der Waals surface area contributed by atoms with Crippen LogP contribution in [0.25, 0.3) is 5.57 Å². The topological polar surface area (TPSA) is 138 Å². The molecule has 0 atom stereocenters. The van der Waals surface area contributed by atoms with E-state index in [1.54, 1.807) is 31.2 Å². The molecule has 1 aromatic heterocycles. The van der Waals surface area contributed by atoms with Crippen molar-refractivity contribution < 1.29 is 4.79 Å². The Morgan fingerprint density at radius 1 is 1.07 bits per heavy atom. The van der Waals surface area contributed by atoms with Crippen molar-refractivity contribution in [3.63, 3.8) is 0 Å².